The van der Waals surface area contributed by atoms with Gasteiger partial charge < -0.3 is 25.6 Å². The van der Waals surface area contributed by atoms with Crippen LogP contribution in [0.4, 0.5) is 5.69 Å². The number of anilines is 1. The van der Waals surface area contributed by atoms with Crippen molar-refractivity contribution in [2.75, 3.05) is 25.1 Å². The van der Waals surface area contributed by atoms with E-state index in [-0.39, 0.29) is 18.0 Å². The second-order valence-corrected chi connectivity index (χ2v) is 10.8. The van der Waals surface area contributed by atoms with Gasteiger partial charge in [0.05, 0.1) is 0 Å². The Morgan fingerprint density at radius 2 is 1.63 bits per heavy atom. The van der Waals surface area contributed by atoms with Gasteiger partial charge in [0.15, 0.2) is 0 Å². The first-order valence-electron chi connectivity index (χ1n) is 15.0. The Morgan fingerprint density at radius 1 is 0.951 bits per heavy atom. The van der Waals surface area contributed by atoms with E-state index in [0.717, 1.165) is 60.4 Å². The van der Waals surface area contributed by atoms with Gasteiger partial charge in [-0.25, -0.2) is 0 Å². The lowest BCUT2D eigenvalue weighted by atomic mass is 9.91. The Hall–Kier alpha value is -3.42. The predicted molar refractivity (Wildman–Crippen MR) is 170 cm³/mol. The molecule has 1 fully saturated rings. The maximum Gasteiger partial charge on any atom is 0.253 e. The van der Waals surface area contributed by atoms with Gasteiger partial charge in [0.1, 0.15) is 0 Å². The van der Waals surface area contributed by atoms with Crippen LogP contribution in [-0.4, -0.2) is 42.2 Å². The van der Waals surface area contributed by atoms with Crippen LogP contribution >= 0.6 is 0 Å². The summed E-state index contributed by atoms with van der Waals surface area (Å²) in [6.45, 7) is 13.0. The van der Waals surface area contributed by atoms with Crippen molar-refractivity contribution < 1.29 is 9.90 Å². The fourth-order valence-electron chi connectivity index (χ4n) is 5.87. The zero-order valence-electron chi connectivity index (χ0n) is 25.7. The number of aliphatic hydroxyl groups is 1. The second-order valence-electron chi connectivity index (χ2n) is 10.8. The quantitative estimate of drug-likeness (QED) is 0.252. The summed E-state index contributed by atoms with van der Waals surface area (Å²) < 4.78 is 0. The topological polar surface area (TPSA) is 97.5 Å². The third kappa shape index (κ3) is 8.08. The molecule has 0 atom stereocenters. The number of nitrogens with zero attached hydrogens (tertiary/aromatic N) is 1. The van der Waals surface area contributed by atoms with Crippen molar-refractivity contribution >= 4 is 11.6 Å². The van der Waals surface area contributed by atoms with Crippen molar-refractivity contribution in [3.63, 3.8) is 0 Å². The summed E-state index contributed by atoms with van der Waals surface area (Å²) in [6, 6.07) is 15.3. The van der Waals surface area contributed by atoms with Crippen LogP contribution in [0.15, 0.2) is 47.3 Å². The van der Waals surface area contributed by atoms with Crippen LogP contribution < -0.4 is 21.1 Å². The zero-order valence-corrected chi connectivity index (χ0v) is 25.7. The molecule has 1 aliphatic rings. The minimum Gasteiger partial charge on any atom is -0.400 e. The molecular weight excluding hydrogens is 512 g/mol. The Balaban J connectivity index is 0.00000226. The molecule has 1 aromatic heterocycles. The van der Waals surface area contributed by atoms with Gasteiger partial charge in [-0.05, 0) is 93.1 Å². The Bertz CT molecular complexity index is 1340. The Morgan fingerprint density at radius 3 is 2.24 bits per heavy atom. The number of nitrogens with one attached hydrogen (secondary N) is 3. The molecule has 1 aliphatic carbocycles. The van der Waals surface area contributed by atoms with E-state index >= 15 is 0 Å². The summed E-state index contributed by atoms with van der Waals surface area (Å²) in [4.78, 5) is 31.6. The van der Waals surface area contributed by atoms with E-state index in [1.165, 1.54) is 37.7 Å². The first kappa shape index (κ1) is 32.1. The second kappa shape index (κ2) is 15.5. The zero-order chi connectivity index (χ0) is 29.9. The summed E-state index contributed by atoms with van der Waals surface area (Å²) in [5.74, 6) is -0.154. The van der Waals surface area contributed by atoms with Crippen LogP contribution in [0.3, 0.4) is 0 Å². The van der Waals surface area contributed by atoms with Crippen LogP contribution in [0.1, 0.15) is 84.3 Å². The number of aryl methyl sites for hydroxylation is 2. The smallest absolute Gasteiger partial charge is 0.253 e. The number of benzene rings is 2. The van der Waals surface area contributed by atoms with Gasteiger partial charge in [-0.2, -0.15) is 0 Å². The molecule has 222 valence electrons. The molecule has 0 radical (unpaired) electrons. The fraction of sp³-hybridized carbons (Fsp3) is 0.471. The van der Waals surface area contributed by atoms with Crippen LogP contribution in [0.2, 0.25) is 0 Å². The summed E-state index contributed by atoms with van der Waals surface area (Å²) >= 11 is 0. The van der Waals surface area contributed by atoms with E-state index in [9.17, 15) is 9.59 Å². The van der Waals surface area contributed by atoms with E-state index in [2.05, 4.69) is 71.6 Å². The first-order chi connectivity index (χ1) is 19.8. The number of hydrogen-bond donors (Lipinski definition) is 4. The summed E-state index contributed by atoms with van der Waals surface area (Å²) in [6.07, 6.45) is 6.19. The fourth-order valence-corrected chi connectivity index (χ4v) is 5.87. The Labute approximate surface area is 245 Å². The molecule has 0 bridgehead atoms. The highest BCUT2D eigenvalue weighted by Crippen LogP contribution is 2.35. The van der Waals surface area contributed by atoms with Gasteiger partial charge in [0.25, 0.3) is 11.5 Å². The van der Waals surface area contributed by atoms with Crippen molar-refractivity contribution in [1.82, 2.24) is 15.6 Å². The average molecular weight is 561 g/mol. The molecule has 1 heterocycles. The molecule has 1 amide bonds. The van der Waals surface area contributed by atoms with Crippen LogP contribution in [-0.2, 0) is 13.1 Å². The van der Waals surface area contributed by atoms with Crippen molar-refractivity contribution in [3.8, 4) is 11.1 Å². The van der Waals surface area contributed by atoms with Crippen LogP contribution in [0.5, 0.6) is 0 Å². The van der Waals surface area contributed by atoms with Gasteiger partial charge in [-0.3, -0.25) is 9.59 Å². The number of H-pyrrole nitrogens is 1. The predicted octanol–water partition coefficient (Wildman–Crippen LogP) is 5.77. The van der Waals surface area contributed by atoms with E-state index in [1.54, 1.807) is 0 Å². The number of pyridine rings is 1. The Kier molecular flexibility index (Phi) is 12.2. The van der Waals surface area contributed by atoms with E-state index in [1.807, 2.05) is 26.0 Å². The third-order valence-corrected chi connectivity index (χ3v) is 8.08. The summed E-state index contributed by atoms with van der Waals surface area (Å²) in [5, 5.41) is 13.4. The van der Waals surface area contributed by atoms with Gasteiger partial charge in [0, 0.05) is 55.3 Å². The molecule has 7 heteroatoms. The van der Waals surface area contributed by atoms with Crippen LogP contribution in [0.25, 0.3) is 11.1 Å². The highest BCUT2D eigenvalue weighted by atomic mass is 16.2. The normalized spacial score (nSPS) is 13.3. The number of rotatable bonds is 10. The SMILES string of the molecule is CCNCc1ccc(-c2cc(C(=O)NCc3c(C)cc(C)[nH]c3=O)c(C)c(N(CC)C3CCCCC3)c2)cc1.CO. The molecule has 1 saturated carbocycles. The minimum atomic E-state index is -0.154. The largest absolute Gasteiger partial charge is 0.400 e. The van der Waals surface area contributed by atoms with E-state index in [0.29, 0.717) is 17.2 Å². The summed E-state index contributed by atoms with van der Waals surface area (Å²) in [7, 11) is 1.00. The van der Waals surface area contributed by atoms with E-state index in [4.69, 9.17) is 5.11 Å². The van der Waals surface area contributed by atoms with Crippen LogP contribution in [0, 0.1) is 20.8 Å². The molecule has 0 spiro atoms. The van der Waals surface area contributed by atoms with Gasteiger partial charge in [-0.15, -0.1) is 0 Å². The van der Waals surface area contributed by atoms with Gasteiger partial charge >= 0.3 is 0 Å². The monoisotopic (exact) mass is 560 g/mol. The standard InChI is InChI=1S/C33H44N4O2.CH4O/c1-6-34-20-25-13-15-26(16-14-25)27-18-29(32(38)35-21-30-22(3)17-23(4)36-33(30)39)24(5)31(19-27)37(7-2)28-11-9-8-10-12-28;1-2/h13-19,28,34H,6-12,20-21H2,1-5H3,(H,35,38)(H,36,39);2H,1H3. The first-order valence-corrected chi connectivity index (χ1v) is 15.0. The molecule has 2 aromatic carbocycles. The molecule has 0 saturated heterocycles. The average Bonchev–Trinajstić information content (AvgIpc) is 2.98. The molecular formula is C34H48N4O3. The summed E-state index contributed by atoms with van der Waals surface area (Å²) in [5.41, 5.74) is 8.30. The van der Waals surface area contributed by atoms with Crippen molar-refractivity contribution in [3.05, 3.63) is 86.3 Å². The number of aromatic nitrogens is 1. The lowest BCUT2D eigenvalue weighted by Crippen LogP contribution is -2.37. The number of carbonyl (C=O) groups is 1. The van der Waals surface area contributed by atoms with Crippen molar-refractivity contribution in [2.24, 2.45) is 0 Å². The molecule has 41 heavy (non-hydrogen) atoms. The van der Waals surface area contributed by atoms with Gasteiger partial charge in [-0.1, -0.05) is 50.5 Å². The molecule has 0 aliphatic heterocycles. The third-order valence-electron chi connectivity index (χ3n) is 8.08. The van der Waals surface area contributed by atoms with Crippen molar-refractivity contribution in [2.45, 2.75) is 85.9 Å². The maximum atomic E-state index is 13.7. The highest BCUT2D eigenvalue weighted by Gasteiger charge is 2.24. The van der Waals surface area contributed by atoms with E-state index < -0.39 is 0 Å². The lowest BCUT2D eigenvalue weighted by Gasteiger charge is -2.37. The molecule has 4 N–H and O–H groups in total. The molecule has 4 rings (SSSR count). The van der Waals surface area contributed by atoms with Crippen molar-refractivity contribution in [1.29, 1.82) is 0 Å². The molecule has 0 unspecified atom stereocenters. The number of carbonyl (C=O) groups excluding carboxylic acids is 1. The number of hydrogen-bond acceptors (Lipinski definition) is 5. The van der Waals surface area contributed by atoms with Gasteiger partial charge in [0.2, 0.25) is 0 Å². The highest BCUT2D eigenvalue weighted by molar-refractivity contribution is 5.99. The maximum absolute atomic E-state index is 13.7. The molecule has 3 aromatic rings. The lowest BCUT2D eigenvalue weighted by molar-refractivity contribution is 0.0950. The number of aliphatic hydroxyl groups excluding tert-OH is 1. The molecule has 7 nitrogen and oxygen atoms in total. The number of aromatic amines is 1. The number of amides is 1. The minimum absolute atomic E-state index is 0.147.